The zero-order valence-electron chi connectivity index (χ0n) is 18.1. The largest absolute Gasteiger partial charge is 0.494 e. The second-order valence-electron chi connectivity index (χ2n) is 8.95. The number of aryl methyl sites for hydroxylation is 1. The summed E-state index contributed by atoms with van der Waals surface area (Å²) in [4.78, 5) is 23.8. The van der Waals surface area contributed by atoms with Gasteiger partial charge in [-0.25, -0.2) is 18.8 Å². The van der Waals surface area contributed by atoms with Gasteiger partial charge in [0.1, 0.15) is 5.69 Å². The average molecular weight is 441 g/mol. The van der Waals surface area contributed by atoms with Crippen LogP contribution >= 0.6 is 0 Å². The highest BCUT2D eigenvalue weighted by atomic mass is 19.1. The Morgan fingerprint density at radius 1 is 1.22 bits per heavy atom. The van der Waals surface area contributed by atoms with Gasteiger partial charge in [-0.3, -0.25) is 4.79 Å². The third-order valence-electron chi connectivity index (χ3n) is 6.84. The number of aliphatic imine (C=N–C) groups is 1. The number of hydrogen-bond acceptors (Lipinski definition) is 5. The molecule has 1 N–H and O–H groups in total. The fraction of sp³-hybridized carbons (Fsp3) is 0.458. The standard InChI is InChI=1S/C24H25F2N3O3/c1-13-9-18(32-2)21(26)22(20(13)25)29-12-14-11-27-19(28-15-3-5-16(30)6-4-15)10-17(14)24(7-8-24)23(29)31/h9-11,16,30H,3-8,12H2,1-2H3. The lowest BCUT2D eigenvalue weighted by Crippen LogP contribution is -2.44. The summed E-state index contributed by atoms with van der Waals surface area (Å²) in [5.74, 6) is -1.49. The lowest BCUT2D eigenvalue weighted by Gasteiger charge is -2.35. The maximum absolute atomic E-state index is 15.1. The lowest BCUT2D eigenvalue weighted by molar-refractivity contribution is -0.121. The molecule has 32 heavy (non-hydrogen) atoms. The summed E-state index contributed by atoms with van der Waals surface area (Å²) in [6, 6.07) is 3.14. The Morgan fingerprint density at radius 2 is 1.94 bits per heavy atom. The van der Waals surface area contributed by atoms with Crippen LogP contribution in [0.3, 0.4) is 0 Å². The van der Waals surface area contributed by atoms with E-state index in [1.807, 2.05) is 6.07 Å². The first-order valence-corrected chi connectivity index (χ1v) is 10.9. The molecule has 8 heteroatoms. The molecule has 0 unspecified atom stereocenters. The number of anilines is 1. The van der Waals surface area contributed by atoms with E-state index >= 15 is 4.39 Å². The van der Waals surface area contributed by atoms with Crippen molar-refractivity contribution in [2.45, 2.75) is 63.5 Å². The SMILES string of the molecule is COc1cc(C)c(F)c(N2Cc3cnc(N=C4CCC(O)CC4)cc3C3(CC3)C2=O)c1F. The van der Waals surface area contributed by atoms with E-state index in [0.29, 0.717) is 31.5 Å². The summed E-state index contributed by atoms with van der Waals surface area (Å²) < 4.78 is 35.1. The monoisotopic (exact) mass is 441 g/mol. The molecular formula is C24H25F2N3O3. The number of halogens is 2. The first kappa shape index (κ1) is 21.0. The molecule has 1 aromatic heterocycles. The van der Waals surface area contributed by atoms with Crippen LogP contribution in [0.1, 0.15) is 55.2 Å². The van der Waals surface area contributed by atoms with Crippen LogP contribution in [0, 0.1) is 18.6 Å². The summed E-state index contributed by atoms with van der Waals surface area (Å²) in [5, 5.41) is 9.69. The van der Waals surface area contributed by atoms with E-state index in [0.717, 1.165) is 29.7 Å². The van der Waals surface area contributed by atoms with E-state index in [1.165, 1.54) is 25.0 Å². The number of nitrogens with zero attached hydrogens (tertiary/aromatic N) is 3. The Balaban J connectivity index is 1.54. The van der Waals surface area contributed by atoms with Crippen LogP contribution in [0.2, 0.25) is 0 Å². The minimum Gasteiger partial charge on any atom is -0.494 e. The maximum Gasteiger partial charge on any atom is 0.238 e. The molecule has 2 saturated carbocycles. The fourth-order valence-corrected chi connectivity index (χ4v) is 4.83. The van der Waals surface area contributed by atoms with Gasteiger partial charge in [-0.2, -0.15) is 0 Å². The van der Waals surface area contributed by atoms with Gasteiger partial charge in [0.15, 0.2) is 23.2 Å². The van der Waals surface area contributed by atoms with Crippen molar-refractivity contribution in [3.8, 4) is 5.75 Å². The number of ether oxygens (including phenoxy) is 1. The van der Waals surface area contributed by atoms with Crippen LogP contribution < -0.4 is 9.64 Å². The summed E-state index contributed by atoms with van der Waals surface area (Å²) in [6.45, 7) is 1.56. The second-order valence-corrected chi connectivity index (χ2v) is 8.95. The number of rotatable bonds is 3. The lowest BCUT2D eigenvalue weighted by atomic mass is 9.86. The highest BCUT2D eigenvalue weighted by Crippen LogP contribution is 2.55. The molecule has 0 atom stereocenters. The van der Waals surface area contributed by atoms with Crippen LogP contribution in [0.15, 0.2) is 23.3 Å². The van der Waals surface area contributed by atoms with Gasteiger partial charge in [-0.1, -0.05) is 0 Å². The van der Waals surface area contributed by atoms with Crippen molar-refractivity contribution < 1.29 is 23.4 Å². The quantitative estimate of drug-likeness (QED) is 0.772. The van der Waals surface area contributed by atoms with Crippen molar-refractivity contribution in [1.29, 1.82) is 0 Å². The molecular weight excluding hydrogens is 416 g/mol. The second kappa shape index (κ2) is 7.62. The molecule has 6 nitrogen and oxygen atoms in total. The normalized spacial score (nSPS) is 21.5. The van der Waals surface area contributed by atoms with E-state index in [-0.39, 0.29) is 35.6 Å². The van der Waals surface area contributed by atoms with Crippen molar-refractivity contribution >= 4 is 23.1 Å². The number of carbonyl (C=O) groups is 1. The molecule has 0 bridgehead atoms. The van der Waals surface area contributed by atoms with Gasteiger partial charge in [-0.15, -0.1) is 0 Å². The average Bonchev–Trinajstić information content (AvgIpc) is 3.58. The van der Waals surface area contributed by atoms with Gasteiger partial charge in [0.25, 0.3) is 0 Å². The Bertz CT molecular complexity index is 1130. The molecule has 2 fully saturated rings. The number of benzene rings is 1. The van der Waals surface area contributed by atoms with Crippen molar-refractivity contribution in [3.63, 3.8) is 0 Å². The minimum absolute atomic E-state index is 0.0341. The Labute approximate surface area is 184 Å². The molecule has 0 radical (unpaired) electrons. The molecule has 1 amide bonds. The summed E-state index contributed by atoms with van der Waals surface area (Å²) >= 11 is 0. The van der Waals surface area contributed by atoms with Crippen molar-refractivity contribution in [3.05, 3.63) is 46.7 Å². The van der Waals surface area contributed by atoms with E-state index in [9.17, 15) is 14.3 Å². The molecule has 5 rings (SSSR count). The summed E-state index contributed by atoms with van der Waals surface area (Å²) in [7, 11) is 1.31. The van der Waals surface area contributed by atoms with E-state index in [1.54, 1.807) is 6.20 Å². The topological polar surface area (TPSA) is 75.0 Å². The molecule has 2 heterocycles. The van der Waals surface area contributed by atoms with Gasteiger partial charge in [0.2, 0.25) is 5.91 Å². The predicted octanol–water partition coefficient (Wildman–Crippen LogP) is 4.26. The molecule has 3 aliphatic rings. The van der Waals surface area contributed by atoms with Gasteiger partial charge < -0.3 is 14.7 Å². The van der Waals surface area contributed by atoms with E-state index in [2.05, 4.69) is 9.98 Å². The molecule has 2 aliphatic carbocycles. The van der Waals surface area contributed by atoms with Crippen LogP contribution in [0.4, 0.5) is 20.3 Å². The van der Waals surface area contributed by atoms with Crippen LogP contribution in [-0.2, 0) is 16.8 Å². The smallest absolute Gasteiger partial charge is 0.238 e. The third kappa shape index (κ3) is 3.28. The van der Waals surface area contributed by atoms with Gasteiger partial charge in [-0.05, 0) is 74.3 Å². The number of aliphatic hydroxyl groups is 1. The van der Waals surface area contributed by atoms with Crippen molar-refractivity contribution in [1.82, 2.24) is 4.98 Å². The number of aliphatic hydroxyl groups excluding tert-OH is 1. The Kier molecular flexibility index (Phi) is 5.00. The molecule has 168 valence electrons. The Hall–Kier alpha value is -2.87. The van der Waals surface area contributed by atoms with Crippen molar-refractivity contribution in [2.75, 3.05) is 12.0 Å². The van der Waals surface area contributed by atoms with Gasteiger partial charge in [0, 0.05) is 11.9 Å². The van der Waals surface area contributed by atoms with E-state index < -0.39 is 17.0 Å². The van der Waals surface area contributed by atoms with Crippen LogP contribution in [0.25, 0.3) is 0 Å². The highest BCUT2D eigenvalue weighted by Gasteiger charge is 2.57. The number of amides is 1. The Morgan fingerprint density at radius 3 is 2.59 bits per heavy atom. The minimum atomic E-state index is -0.876. The number of pyridine rings is 1. The summed E-state index contributed by atoms with van der Waals surface area (Å²) in [5.41, 5.74) is 1.67. The first-order valence-electron chi connectivity index (χ1n) is 10.9. The molecule has 1 spiro atoms. The van der Waals surface area contributed by atoms with Crippen molar-refractivity contribution in [2.24, 2.45) is 4.99 Å². The molecule has 1 aliphatic heterocycles. The molecule has 0 saturated heterocycles. The van der Waals surface area contributed by atoms with Crippen LogP contribution in [-0.4, -0.2) is 34.9 Å². The van der Waals surface area contributed by atoms with Gasteiger partial charge in [0.05, 0.1) is 25.2 Å². The van der Waals surface area contributed by atoms with Gasteiger partial charge >= 0.3 is 0 Å². The third-order valence-corrected chi connectivity index (χ3v) is 6.84. The van der Waals surface area contributed by atoms with Crippen LogP contribution in [0.5, 0.6) is 5.75 Å². The zero-order valence-corrected chi connectivity index (χ0v) is 18.1. The maximum atomic E-state index is 15.1. The fourth-order valence-electron chi connectivity index (χ4n) is 4.83. The highest BCUT2D eigenvalue weighted by molar-refractivity contribution is 6.05. The number of hydrogen-bond donors (Lipinski definition) is 1. The molecule has 1 aromatic carbocycles. The zero-order chi connectivity index (χ0) is 22.6. The van der Waals surface area contributed by atoms with E-state index in [4.69, 9.17) is 4.74 Å². The number of methoxy groups -OCH3 is 1. The number of aromatic nitrogens is 1. The summed E-state index contributed by atoms with van der Waals surface area (Å²) in [6.07, 6.45) is 5.47. The number of carbonyl (C=O) groups excluding carboxylic acids is 1. The predicted molar refractivity (Wildman–Crippen MR) is 116 cm³/mol. The molecule has 2 aromatic rings. The number of fused-ring (bicyclic) bond motifs is 2. The first-order chi connectivity index (χ1) is 15.3.